The van der Waals surface area contributed by atoms with Gasteiger partial charge in [0.15, 0.2) is 5.41 Å². The summed E-state index contributed by atoms with van der Waals surface area (Å²) in [7, 11) is 0. The molecule has 0 saturated carbocycles. The summed E-state index contributed by atoms with van der Waals surface area (Å²) < 4.78 is 12.3. The lowest BCUT2D eigenvalue weighted by atomic mass is 9.72. The van der Waals surface area contributed by atoms with Gasteiger partial charge in [0.05, 0.1) is 6.61 Å². The lowest BCUT2D eigenvalue weighted by Gasteiger charge is -2.36. The van der Waals surface area contributed by atoms with Crippen LogP contribution in [0.2, 0.25) is 0 Å². The second-order valence-corrected chi connectivity index (χ2v) is 9.58. The summed E-state index contributed by atoms with van der Waals surface area (Å²) >= 11 is 0. The molecule has 2 aromatic rings. The fraction of sp³-hybridized carbons (Fsp3) is 0.567. The van der Waals surface area contributed by atoms with Crippen LogP contribution in [0.15, 0.2) is 48.5 Å². The number of hydrogen-bond acceptors (Lipinski definition) is 3. The van der Waals surface area contributed by atoms with Crippen molar-refractivity contribution >= 4 is 0 Å². The molecule has 0 bridgehead atoms. The Bertz CT molecular complexity index is 913. The van der Waals surface area contributed by atoms with Crippen molar-refractivity contribution in [2.75, 3.05) is 6.61 Å². The van der Waals surface area contributed by atoms with Crippen LogP contribution in [-0.2, 0) is 5.41 Å². The lowest BCUT2D eigenvalue weighted by molar-refractivity contribution is 0.0222. The van der Waals surface area contributed by atoms with E-state index in [0.29, 0.717) is 12.5 Å². The molecule has 0 aliphatic rings. The molecule has 0 fully saturated rings. The Labute approximate surface area is 207 Å². The summed E-state index contributed by atoms with van der Waals surface area (Å²) in [5, 5.41) is 14.7. The Morgan fingerprint density at radius 1 is 0.853 bits per heavy atom. The number of hydrogen-bond donors (Lipinski definition) is 0. The third-order valence-corrected chi connectivity index (χ3v) is 7.06. The predicted octanol–water partition coefficient (Wildman–Crippen LogP) is 8.77. The van der Waals surface area contributed by atoms with E-state index in [0.717, 1.165) is 67.6 Å². The molecular formula is C30H43NO3. The molecule has 34 heavy (non-hydrogen) atoms. The van der Waals surface area contributed by atoms with E-state index in [4.69, 9.17) is 9.47 Å². The van der Waals surface area contributed by atoms with Crippen LogP contribution in [0.3, 0.4) is 0 Å². The Hall–Kier alpha value is -2.67. The first-order chi connectivity index (χ1) is 16.4. The van der Waals surface area contributed by atoms with E-state index < -0.39 is 5.41 Å². The molecule has 0 heterocycles. The second-order valence-electron chi connectivity index (χ2n) is 9.58. The summed E-state index contributed by atoms with van der Waals surface area (Å²) in [6.45, 7) is 13.8. The van der Waals surface area contributed by atoms with E-state index in [1.54, 1.807) is 0 Å². The molecule has 4 nitrogen and oxygen atoms in total. The van der Waals surface area contributed by atoms with Crippen molar-refractivity contribution in [2.45, 2.75) is 97.5 Å². The molecule has 186 valence electrons. The van der Waals surface area contributed by atoms with Gasteiger partial charge in [-0.25, -0.2) is 0 Å². The first kappa shape index (κ1) is 27.6. The highest BCUT2D eigenvalue weighted by Crippen LogP contribution is 2.39. The van der Waals surface area contributed by atoms with Gasteiger partial charge >= 0.3 is 6.07 Å². The molecule has 4 heteroatoms. The van der Waals surface area contributed by atoms with Crippen LogP contribution < -0.4 is 9.47 Å². The monoisotopic (exact) mass is 465 g/mol. The van der Waals surface area contributed by atoms with Gasteiger partial charge in [-0.05, 0) is 73.9 Å². The zero-order valence-corrected chi connectivity index (χ0v) is 22.0. The molecule has 0 saturated heterocycles. The van der Waals surface area contributed by atoms with Crippen LogP contribution in [0.1, 0.15) is 97.6 Å². The normalized spacial score (nSPS) is 15.4. The standard InChI is InChI=1S/C30H43NO3/c1-7-11-21-30(23-31-32,25-12-16-27(17-13-25)33-22-9-3)26-14-18-28(19-15-26)34-29(6,20-8-2)24(5)10-4/h12-19,24H,7-11,20-22H2,1-6H3. The average Bonchev–Trinajstić information content (AvgIpc) is 2.85. The van der Waals surface area contributed by atoms with Gasteiger partial charge in [0, 0.05) is 5.01 Å². The van der Waals surface area contributed by atoms with Gasteiger partial charge in [-0.15, -0.1) is 0 Å². The third kappa shape index (κ3) is 6.69. The molecule has 0 radical (unpaired) electrons. The van der Waals surface area contributed by atoms with Gasteiger partial charge in [-0.1, -0.05) is 78.1 Å². The van der Waals surface area contributed by atoms with Crippen molar-refractivity contribution in [3.05, 3.63) is 69.9 Å². The molecule has 0 aromatic heterocycles. The summed E-state index contributed by atoms with van der Waals surface area (Å²) in [5.74, 6) is 2.13. The average molecular weight is 466 g/mol. The van der Waals surface area contributed by atoms with Gasteiger partial charge in [0.1, 0.15) is 17.1 Å². The second kappa shape index (κ2) is 13.3. The summed E-state index contributed by atoms with van der Waals surface area (Å²) in [5.41, 5.74) is 1.08. The molecule has 2 rings (SSSR count). The molecule has 2 aromatic carbocycles. The number of benzene rings is 2. The number of nitrogens with zero attached hydrogens (tertiary/aromatic N) is 1. The smallest absolute Gasteiger partial charge is 0.314 e. The third-order valence-electron chi connectivity index (χ3n) is 7.06. The van der Waals surface area contributed by atoms with Crippen molar-refractivity contribution in [3.8, 4) is 17.6 Å². The fourth-order valence-corrected chi connectivity index (χ4v) is 4.62. The Morgan fingerprint density at radius 2 is 1.44 bits per heavy atom. The maximum atomic E-state index is 11.6. The van der Waals surface area contributed by atoms with Crippen molar-refractivity contribution < 1.29 is 9.47 Å². The van der Waals surface area contributed by atoms with Gasteiger partial charge in [-0.2, -0.15) is 0 Å². The highest BCUT2D eigenvalue weighted by molar-refractivity contribution is 5.49. The van der Waals surface area contributed by atoms with Crippen LogP contribution in [0.25, 0.3) is 5.01 Å². The topological polar surface area (TPSA) is 45.9 Å². The lowest BCUT2D eigenvalue weighted by Crippen LogP contribution is -2.39. The van der Waals surface area contributed by atoms with E-state index in [2.05, 4.69) is 64.8 Å². The van der Waals surface area contributed by atoms with Crippen LogP contribution >= 0.6 is 0 Å². The number of unbranched alkanes of at least 4 members (excludes halogenated alkanes) is 1. The Balaban J connectivity index is 2.44. The Kier molecular flexibility index (Phi) is 10.8. The predicted molar refractivity (Wildman–Crippen MR) is 143 cm³/mol. The highest BCUT2D eigenvalue weighted by Gasteiger charge is 2.39. The molecule has 0 N–H and O–H groups in total. The van der Waals surface area contributed by atoms with E-state index >= 15 is 0 Å². The summed E-state index contributed by atoms with van der Waals surface area (Å²) in [6, 6.07) is 19.1. The van der Waals surface area contributed by atoms with Gasteiger partial charge in [0.25, 0.3) is 0 Å². The molecule has 3 atom stereocenters. The number of ether oxygens (including phenoxy) is 2. The molecule has 0 aliphatic heterocycles. The minimum Gasteiger partial charge on any atom is -0.498 e. The van der Waals surface area contributed by atoms with Gasteiger partial charge in [-0.3, -0.25) is 0 Å². The summed E-state index contributed by atoms with van der Waals surface area (Å²) in [4.78, 5) is 0. The number of rotatable bonds is 14. The van der Waals surface area contributed by atoms with E-state index in [1.165, 1.54) is 0 Å². The van der Waals surface area contributed by atoms with E-state index in [1.807, 2.05) is 36.4 Å². The van der Waals surface area contributed by atoms with Crippen molar-refractivity contribution in [3.63, 3.8) is 0 Å². The molecule has 0 amide bonds. The SMILES string of the molecule is CCCCC(C#[N+][O-])(c1ccc(OCCC)cc1)c1ccc(OC(C)(CCC)C(C)CC)cc1. The van der Waals surface area contributed by atoms with Crippen LogP contribution in [0, 0.1) is 17.2 Å². The van der Waals surface area contributed by atoms with Crippen LogP contribution in [0.4, 0.5) is 0 Å². The zero-order chi connectivity index (χ0) is 25.0. The van der Waals surface area contributed by atoms with E-state index in [-0.39, 0.29) is 5.60 Å². The van der Waals surface area contributed by atoms with Crippen molar-refractivity contribution in [1.29, 1.82) is 0 Å². The first-order valence-electron chi connectivity index (χ1n) is 13.0. The van der Waals surface area contributed by atoms with Gasteiger partial charge < -0.3 is 14.7 Å². The first-order valence-corrected chi connectivity index (χ1v) is 13.0. The van der Waals surface area contributed by atoms with Crippen LogP contribution in [0.5, 0.6) is 11.5 Å². The largest absolute Gasteiger partial charge is 0.498 e. The van der Waals surface area contributed by atoms with Gasteiger partial charge in [0.2, 0.25) is 0 Å². The molecule has 3 unspecified atom stereocenters. The summed E-state index contributed by atoms with van der Waals surface area (Å²) in [6.07, 6.45) is 6.84. The van der Waals surface area contributed by atoms with Crippen molar-refractivity contribution in [2.24, 2.45) is 5.92 Å². The Morgan fingerprint density at radius 3 is 1.91 bits per heavy atom. The zero-order valence-electron chi connectivity index (χ0n) is 22.0. The molecule has 0 aliphatic carbocycles. The van der Waals surface area contributed by atoms with Crippen LogP contribution in [-0.4, -0.2) is 12.2 Å². The van der Waals surface area contributed by atoms with E-state index in [9.17, 15) is 5.21 Å². The fourth-order valence-electron chi connectivity index (χ4n) is 4.62. The molecule has 0 spiro atoms. The maximum Gasteiger partial charge on any atom is 0.314 e. The van der Waals surface area contributed by atoms with Crippen molar-refractivity contribution in [1.82, 2.24) is 0 Å². The highest BCUT2D eigenvalue weighted by atomic mass is 16.5. The minimum atomic E-state index is -0.705. The maximum absolute atomic E-state index is 11.6. The molecular weight excluding hydrogens is 422 g/mol. The minimum absolute atomic E-state index is 0.207. The quantitative estimate of drug-likeness (QED) is 0.262.